The Morgan fingerprint density at radius 3 is 2.83 bits per heavy atom. The van der Waals surface area contributed by atoms with Gasteiger partial charge in [-0.15, -0.1) is 0 Å². The van der Waals surface area contributed by atoms with Gasteiger partial charge in [0.15, 0.2) is 0 Å². The molecular weight excluding hydrogens is 297 g/mol. The summed E-state index contributed by atoms with van der Waals surface area (Å²) in [6, 6.07) is 7.54. The molecule has 0 saturated carbocycles. The van der Waals surface area contributed by atoms with E-state index in [1.165, 1.54) is 0 Å². The van der Waals surface area contributed by atoms with Crippen molar-refractivity contribution in [1.82, 2.24) is 4.90 Å². The Hall–Kier alpha value is -1.29. The number of carbonyl (C=O) groups is 1. The van der Waals surface area contributed by atoms with Crippen LogP contribution in [0.1, 0.15) is 9.23 Å². The van der Waals surface area contributed by atoms with Crippen molar-refractivity contribution in [1.29, 1.82) is 0 Å². The summed E-state index contributed by atoms with van der Waals surface area (Å²) in [5.41, 5.74) is 0. The average molecular weight is 312 g/mol. The fraction of sp³-hybridized carbons (Fsp3) is 0.308. The summed E-state index contributed by atoms with van der Waals surface area (Å²) in [4.78, 5) is 13.0. The maximum absolute atomic E-state index is 10.9. The van der Waals surface area contributed by atoms with Crippen LogP contribution in [0, 0.1) is 0 Å². The predicted molar refractivity (Wildman–Crippen MR) is 71.9 cm³/mol. The van der Waals surface area contributed by atoms with Gasteiger partial charge in [0, 0.05) is 0 Å². The van der Waals surface area contributed by atoms with Crippen molar-refractivity contribution in [2.24, 2.45) is 0 Å². The number of ether oxygens (including phenoxy) is 1. The van der Waals surface area contributed by atoms with Crippen molar-refractivity contribution in [2.75, 3.05) is 27.2 Å². The van der Waals surface area contributed by atoms with Gasteiger partial charge in [-0.2, -0.15) is 0 Å². The van der Waals surface area contributed by atoms with Crippen molar-refractivity contribution >= 4 is 30.1 Å². The molecule has 0 fully saturated rings. The van der Waals surface area contributed by atoms with Gasteiger partial charge < -0.3 is 0 Å². The van der Waals surface area contributed by atoms with Crippen LogP contribution < -0.4 is 4.74 Å². The van der Waals surface area contributed by atoms with Crippen LogP contribution >= 0.6 is 0 Å². The number of fused-ring (bicyclic) bond motifs is 1. The first kappa shape index (κ1) is 13.1. The van der Waals surface area contributed by atoms with Crippen molar-refractivity contribution in [3.05, 3.63) is 28.7 Å². The van der Waals surface area contributed by atoms with Crippen molar-refractivity contribution in [3.8, 4) is 5.75 Å². The van der Waals surface area contributed by atoms with Gasteiger partial charge in [-0.05, 0) is 0 Å². The summed E-state index contributed by atoms with van der Waals surface area (Å²) < 4.78 is 7.24. The van der Waals surface area contributed by atoms with Crippen LogP contribution in [0.4, 0.5) is 0 Å². The first-order valence-corrected chi connectivity index (χ1v) is 7.32. The summed E-state index contributed by atoms with van der Waals surface area (Å²) >= 11 is -0.0800. The fourth-order valence-electron chi connectivity index (χ4n) is 1.56. The zero-order valence-corrected chi connectivity index (χ0v) is 12.1. The predicted octanol–water partition coefficient (Wildman–Crippen LogP) is 1.54. The van der Waals surface area contributed by atoms with E-state index in [-0.39, 0.29) is 14.5 Å². The van der Waals surface area contributed by atoms with Gasteiger partial charge in [0.05, 0.1) is 0 Å². The number of hydrogen-bond donors (Lipinski definition) is 1. The SMILES string of the molecule is CN(C)CCOc1ccc2[se]c(C(=O)O)cc2c1. The molecule has 2 aromatic rings. The molecule has 96 valence electrons. The van der Waals surface area contributed by atoms with Gasteiger partial charge in [-0.1, -0.05) is 0 Å². The number of nitrogens with zero attached hydrogens (tertiary/aromatic N) is 1. The summed E-state index contributed by atoms with van der Waals surface area (Å²) in [5.74, 6) is -0.0180. The molecule has 0 aliphatic carbocycles. The quantitative estimate of drug-likeness (QED) is 0.851. The Bertz CT molecular complexity index is 562. The second kappa shape index (κ2) is 5.57. The van der Waals surface area contributed by atoms with E-state index >= 15 is 0 Å². The van der Waals surface area contributed by atoms with E-state index in [9.17, 15) is 4.79 Å². The Labute approximate surface area is 112 Å². The number of rotatable bonds is 5. The minimum absolute atomic E-state index is 0.0800. The average Bonchev–Trinajstić information content (AvgIpc) is 2.71. The van der Waals surface area contributed by atoms with Crippen LogP contribution in [0.25, 0.3) is 9.65 Å². The second-order valence-electron chi connectivity index (χ2n) is 4.27. The van der Waals surface area contributed by atoms with Crippen LogP contribution in [-0.4, -0.2) is 57.7 Å². The van der Waals surface area contributed by atoms with E-state index in [0.29, 0.717) is 11.0 Å². The number of likely N-dealkylation sites (N-methyl/N-ethyl adjacent to an activating group) is 1. The molecule has 1 aromatic heterocycles. The summed E-state index contributed by atoms with van der Waals surface area (Å²) in [5, 5.41) is 9.95. The van der Waals surface area contributed by atoms with Gasteiger partial charge in [-0.25, -0.2) is 0 Å². The molecule has 1 aromatic carbocycles. The molecule has 0 bridgehead atoms. The number of hydrogen-bond acceptors (Lipinski definition) is 3. The van der Waals surface area contributed by atoms with E-state index in [1.807, 2.05) is 32.3 Å². The van der Waals surface area contributed by atoms with Gasteiger partial charge in [0.2, 0.25) is 0 Å². The molecule has 18 heavy (non-hydrogen) atoms. The third-order valence-electron chi connectivity index (χ3n) is 2.51. The number of aromatic carboxylic acids is 1. The Kier molecular flexibility index (Phi) is 4.07. The van der Waals surface area contributed by atoms with Crippen LogP contribution in [0.3, 0.4) is 0 Å². The summed E-state index contributed by atoms with van der Waals surface area (Å²) in [6.07, 6.45) is 0. The molecule has 2 rings (SSSR count). The summed E-state index contributed by atoms with van der Waals surface area (Å²) in [6.45, 7) is 1.49. The molecular formula is C13H15NO3Se. The third-order valence-corrected chi connectivity index (χ3v) is 4.82. The summed E-state index contributed by atoms with van der Waals surface area (Å²) in [7, 11) is 3.99. The van der Waals surface area contributed by atoms with E-state index in [2.05, 4.69) is 4.90 Å². The molecule has 5 heteroatoms. The molecule has 0 amide bonds. The zero-order valence-electron chi connectivity index (χ0n) is 10.3. The van der Waals surface area contributed by atoms with Gasteiger partial charge in [0.25, 0.3) is 0 Å². The third kappa shape index (κ3) is 3.13. The van der Waals surface area contributed by atoms with Crippen LogP contribution in [0.2, 0.25) is 0 Å². The van der Waals surface area contributed by atoms with E-state index in [0.717, 1.165) is 21.9 Å². The molecule has 0 unspecified atom stereocenters. The van der Waals surface area contributed by atoms with Crippen LogP contribution in [0.15, 0.2) is 24.3 Å². The van der Waals surface area contributed by atoms with Gasteiger partial charge in [-0.3, -0.25) is 0 Å². The minimum atomic E-state index is -0.818. The standard InChI is InChI=1S/C13H15NO3Se/c1-14(2)5-6-17-10-3-4-11-9(7-10)8-12(18-11)13(15)16/h3-4,7-8H,5-6H2,1-2H3,(H,15,16). The first-order valence-electron chi connectivity index (χ1n) is 5.60. The zero-order chi connectivity index (χ0) is 13.1. The van der Waals surface area contributed by atoms with Gasteiger partial charge in [0.1, 0.15) is 0 Å². The number of benzene rings is 1. The Morgan fingerprint density at radius 1 is 1.39 bits per heavy atom. The molecule has 0 spiro atoms. The van der Waals surface area contributed by atoms with Crippen molar-refractivity contribution < 1.29 is 14.6 Å². The molecule has 0 aliphatic heterocycles. The van der Waals surface area contributed by atoms with E-state index in [4.69, 9.17) is 9.84 Å². The monoisotopic (exact) mass is 313 g/mol. The fourth-order valence-corrected chi connectivity index (χ4v) is 3.41. The maximum atomic E-state index is 10.9. The Balaban J connectivity index is 2.14. The van der Waals surface area contributed by atoms with E-state index < -0.39 is 5.97 Å². The molecule has 0 atom stereocenters. The first-order chi connectivity index (χ1) is 8.56. The second-order valence-corrected chi connectivity index (χ2v) is 6.54. The molecule has 1 N–H and O–H groups in total. The molecule has 0 aliphatic rings. The topological polar surface area (TPSA) is 49.8 Å². The van der Waals surface area contributed by atoms with Crippen molar-refractivity contribution in [2.45, 2.75) is 0 Å². The molecule has 1 heterocycles. The van der Waals surface area contributed by atoms with Gasteiger partial charge >= 0.3 is 111 Å². The normalized spacial score (nSPS) is 11.1. The Morgan fingerprint density at radius 2 is 2.17 bits per heavy atom. The molecule has 0 radical (unpaired) electrons. The number of carboxylic acids is 1. The van der Waals surface area contributed by atoms with Crippen LogP contribution in [0.5, 0.6) is 5.75 Å². The van der Waals surface area contributed by atoms with E-state index in [1.54, 1.807) is 6.07 Å². The van der Waals surface area contributed by atoms with Crippen LogP contribution in [-0.2, 0) is 0 Å². The number of carboxylic acid groups (broad SMARTS) is 1. The van der Waals surface area contributed by atoms with Crippen molar-refractivity contribution in [3.63, 3.8) is 0 Å². The molecule has 0 saturated heterocycles. The molecule has 4 nitrogen and oxygen atoms in total.